The van der Waals surface area contributed by atoms with Crippen molar-refractivity contribution < 1.29 is 17.7 Å². The molecule has 154 valence electrons. The quantitative estimate of drug-likeness (QED) is 0.647. The number of halogens is 3. The first-order chi connectivity index (χ1) is 13.8. The zero-order valence-electron chi connectivity index (χ0n) is 15.9. The zero-order valence-corrected chi connectivity index (χ0v) is 15.9. The Hall–Kier alpha value is -2.68. The molecular formula is C20H21F3N4O2. The Balaban J connectivity index is 1.70. The van der Waals surface area contributed by atoms with E-state index < -0.39 is 18.3 Å². The van der Waals surface area contributed by atoms with E-state index in [0.717, 1.165) is 29.0 Å². The normalized spacial score (nSPS) is 18.0. The number of likely N-dealkylation sites (tertiary alicyclic amines) is 1. The predicted octanol–water partition coefficient (Wildman–Crippen LogP) is 3.63. The number of nitrogens with zero attached hydrogens (tertiary/aromatic N) is 4. The van der Waals surface area contributed by atoms with Gasteiger partial charge in [0.05, 0.1) is 22.6 Å². The molecule has 1 unspecified atom stereocenters. The van der Waals surface area contributed by atoms with Crippen molar-refractivity contribution in [3.63, 3.8) is 0 Å². The van der Waals surface area contributed by atoms with Crippen LogP contribution in [0.3, 0.4) is 0 Å². The molecule has 1 fully saturated rings. The molecule has 3 aromatic rings. The summed E-state index contributed by atoms with van der Waals surface area (Å²) in [5, 5.41) is 4.06. The summed E-state index contributed by atoms with van der Waals surface area (Å²) < 4.78 is 45.7. The Bertz CT molecular complexity index is 1070. The van der Waals surface area contributed by atoms with Gasteiger partial charge in [0.1, 0.15) is 18.1 Å². The van der Waals surface area contributed by atoms with Crippen LogP contribution < -0.4 is 5.56 Å². The van der Waals surface area contributed by atoms with Gasteiger partial charge < -0.3 is 4.52 Å². The molecule has 1 atom stereocenters. The van der Waals surface area contributed by atoms with Gasteiger partial charge in [-0.15, -0.1) is 0 Å². The average molecular weight is 406 g/mol. The number of para-hydroxylation sites is 1. The number of aromatic nitrogens is 3. The smallest absolute Gasteiger partial charge is 0.361 e. The molecule has 0 amide bonds. The second-order valence-corrected chi connectivity index (χ2v) is 7.37. The molecule has 6 nitrogen and oxygen atoms in total. The van der Waals surface area contributed by atoms with Crippen molar-refractivity contribution in [1.82, 2.24) is 19.6 Å². The first kappa shape index (κ1) is 19.6. The van der Waals surface area contributed by atoms with Crippen LogP contribution in [0.4, 0.5) is 13.2 Å². The maximum atomic E-state index is 13.2. The van der Waals surface area contributed by atoms with E-state index in [0.29, 0.717) is 24.9 Å². The van der Waals surface area contributed by atoms with Gasteiger partial charge in [0.25, 0.3) is 5.56 Å². The zero-order chi connectivity index (χ0) is 20.6. The van der Waals surface area contributed by atoms with Crippen LogP contribution in [-0.2, 0) is 13.0 Å². The summed E-state index contributed by atoms with van der Waals surface area (Å²) in [6.07, 6.45) is -2.44. The van der Waals surface area contributed by atoms with E-state index in [1.165, 1.54) is 6.07 Å². The topological polar surface area (TPSA) is 64.2 Å². The van der Waals surface area contributed by atoms with Crippen LogP contribution in [0.15, 0.2) is 39.6 Å². The Kier molecular flexibility index (Phi) is 5.16. The summed E-state index contributed by atoms with van der Waals surface area (Å²) >= 11 is 0. The number of rotatable bonds is 5. The van der Waals surface area contributed by atoms with Crippen molar-refractivity contribution in [2.75, 3.05) is 13.1 Å². The molecule has 1 saturated heterocycles. The van der Waals surface area contributed by atoms with Gasteiger partial charge >= 0.3 is 6.18 Å². The lowest BCUT2D eigenvalue weighted by atomic mass is 10.1. The summed E-state index contributed by atoms with van der Waals surface area (Å²) in [5.74, 6) is 0.907. The SMILES string of the molecule is Cc1cc(CCN2CCCC2c2nc3ccccc3c(=O)n2CC(F)(F)F)on1. The van der Waals surface area contributed by atoms with Gasteiger partial charge in [-0.1, -0.05) is 17.3 Å². The third kappa shape index (κ3) is 4.19. The van der Waals surface area contributed by atoms with Crippen LogP contribution in [-0.4, -0.2) is 38.9 Å². The van der Waals surface area contributed by atoms with Crippen LogP contribution in [0.2, 0.25) is 0 Å². The highest BCUT2D eigenvalue weighted by atomic mass is 19.4. The van der Waals surface area contributed by atoms with Crippen molar-refractivity contribution in [3.05, 3.63) is 58.0 Å². The van der Waals surface area contributed by atoms with E-state index in [9.17, 15) is 18.0 Å². The number of alkyl halides is 3. The molecule has 3 heterocycles. The second-order valence-electron chi connectivity index (χ2n) is 7.37. The number of hydrogen-bond donors (Lipinski definition) is 0. The molecule has 0 radical (unpaired) electrons. The third-order valence-electron chi connectivity index (χ3n) is 5.21. The van der Waals surface area contributed by atoms with Gasteiger partial charge in [0, 0.05) is 19.0 Å². The van der Waals surface area contributed by atoms with E-state index in [1.54, 1.807) is 18.2 Å². The Labute approximate surface area is 164 Å². The summed E-state index contributed by atoms with van der Waals surface area (Å²) in [6, 6.07) is 8.03. The number of hydrogen-bond acceptors (Lipinski definition) is 5. The van der Waals surface area contributed by atoms with Crippen LogP contribution >= 0.6 is 0 Å². The third-order valence-corrected chi connectivity index (χ3v) is 5.21. The fourth-order valence-corrected chi connectivity index (χ4v) is 3.95. The van der Waals surface area contributed by atoms with E-state index in [1.807, 2.05) is 13.0 Å². The molecule has 0 spiro atoms. The van der Waals surface area contributed by atoms with Crippen LogP contribution in [0.25, 0.3) is 10.9 Å². The summed E-state index contributed by atoms with van der Waals surface area (Å²) in [6.45, 7) is 1.81. The van der Waals surface area contributed by atoms with E-state index in [2.05, 4.69) is 15.0 Å². The molecular weight excluding hydrogens is 385 g/mol. The molecule has 0 bridgehead atoms. The molecule has 9 heteroatoms. The molecule has 4 rings (SSSR count). The van der Waals surface area contributed by atoms with Crippen molar-refractivity contribution in [1.29, 1.82) is 0 Å². The largest absolute Gasteiger partial charge is 0.406 e. The summed E-state index contributed by atoms with van der Waals surface area (Å²) in [7, 11) is 0. The van der Waals surface area contributed by atoms with Crippen LogP contribution in [0.1, 0.15) is 36.2 Å². The maximum absolute atomic E-state index is 13.2. The molecule has 0 aliphatic carbocycles. The maximum Gasteiger partial charge on any atom is 0.406 e. The fourth-order valence-electron chi connectivity index (χ4n) is 3.95. The summed E-state index contributed by atoms with van der Waals surface area (Å²) in [5.41, 5.74) is 0.553. The van der Waals surface area contributed by atoms with Gasteiger partial charge in [0.15, 0.2) is 0 Å². The minimum Gasteiger partial charge on any atom is -0.361 e. The first-order valence-corrected chi connectivity index (χ1v) is 9.54. The highest BCUT2D eigenvalue weighted by molar-refractivity contribution is 5.77. The molecule has 1 aliphatic heterocycles. The van der Waals surface area contributed by atoms with Crippen molar-refractivity contribution >= 4 is 10.9 Å². The number of fused-ring (bicyclic) bond motifs is 1. The van der Waals surface area contributed by atoms with Gasteiger partial charge in [-0.2, -0.15) is 13.2 Å². The van der Waals surface area contributed by atoms with Gasteiger partial charge in [0.2, 0.25) is 0 Å². The van der Waals surface area contributed by atoms with Crippen LogP contribution in [0.5, 0.6) is 0 Å². The molecule has 0 N–H and O–H groups in total. The highest BCUT2D eigenvalue weighted by Crippen LogP contribution is 2.32. The second kappa shape index (κ2) is 7.62. The molecule has 1 aliphatic rings. The first-order valence-electron chi connectivity index (χ1n) is 9.54. The minimum atomic E-state index is -4.51. The molecule has 2 aromatic heterocycles. The van der Waals surface area contributed by atoms with Crippen molar-refractivity contribution in [2.24, 2.45) is 0 Å². The fraction of sp³-hybridized carbons (Fsp3) is 0.450. The Morgan fingerprint density at radius 2 is 2.07 bits per heavy atom. The minimum absolute atomic E-state index is 0.178. The Morgan fingerprint density at radius 1 is 1.28 bits per heavy atom. The average Bonchev–Trinajstić information content (AvgIpc) is 3.30. The lowest BCUT2D eigenvalue weighted by Crippen LogP contribution is -2.36. The monoisotopic (exact) mass is 406 g/mol. The molecule has 29 heavy (non-hydrogen) atoms. The highest BCUT2D eigenvalue weighted by Gasteiger charge is 2.35. The standard InChI is InChI=1S/C20H21F3N4O2/c1-13-11-14(29-25-13)8-10-26-9-4-7-17(26)18-24-16-6-3-2-5-15(16)19(28)27(18)12-20(21,22)23/h2-3,5-6,11,17H,4,7-10,12H2,1H3. The van der Waals surface area contributed by atoms with Crippen molar-refractivity contribution in [2.45, 2.75) is 44.9 Å². The lowest BCUT2D eigenvalue weighted by molar-refractivity contribution is -0.142. The number of aryl methyl sites for hydroxylation is 1. The van der Waals surface area contributed by atoms with Gasteiger partial charge in [-0.3, -0.25) is 14.3 Å². The lowest BCUT2D eigenvalue weighted by Gasteiger charge is -2.26. The summed E-state index contributed by atoms with van der Waals surface area (Å²) in [4.78, 5) is 19.4. The van der Waals surface area contributed by atoms with Gasteiger partial charge in [-0.25, -0.2) is 4.98 Å². The van der Waals surface area contributed by atoms with E-state index in [4.69, 9.17) is 4.52 Å². The van der Waals surface area contributed by atoms with Gasteiger partial charge in [-0.05, 0) is 38.4 Å². The molecule has 1 aromatic carbocycles. The van der Waals surface area contributed by atoms with E-state index >= 15 is 0 Å². The predicted molar refractivity (Wildman–Crippen MR) is 101 cm³/mol. The molecule has 0 saturated carbocycles. The van der Waals surface area contributed by atoms with Crippen molar-refractivity contribution in [3.8, 4) is 0 Å². The van der Waals surface area contributed by atoms with Crippen LogP contribution in [0, 0.1) is 6.92 Å². The number of benzene rings is 1. The Morgan fingerprint density at radius 3 is 2.79 bits per heavy atom. The van der Waals surface area contributed by atoms with E-state index in [-0.39, 0.29) is 17.3 Å².